The molecule has 4 nitrogen and oxygen atoms in total. The number of carbonyl (C=O) groups excluding carboxylic acids is 1. The van der Waals surface area contributed by atoms with Crippen molar-refractivity contribution in [3.05, 3.63) is 50.1 Å². The molecule has 3 rings (SSSR count). The maximum atomic E-state index is 13.3. The Labute approximate surface area is 125 Å². The Morgan fingerprint density at radius 2 is 2.14 bits per heavy atom. The summed E-state index contributed by atoms with van der Waals surface area (Å²) in [7, 11) is 0. The second-order valence-electron chi connectivity index (χ2n) is 4.63. The van der Waals surface area contributed by atoms with Gasteiger partial charge in [-0.25, -0.2) is 0 Å². The van der Waals surface area contributed by atoms with Crippen LogP contribution >= 0.6 is 0 Å². The van der Waals surface area contributed by atoms with Crippen LogP contribution in [0.5, 0.6) is 0 Å². The summed E-state index contributed by atoms with van der Waals surface area (Å²) in [6, 6.07) is 5.69. The third kappa shape index (κ3) is 2.44. The third-order valence-electron chi connectivity index (χ3n) is 3.22. The average Bonchev–Trinajstić information content (AvgIpc) is 2.92. The molecule has 1 amide bonds. The molecule has 1 aliphatic heterocycles. The van der Waals surface area contributed by atoms with Gasteiger partial charge in [-0.05, 0) is 0 Å². The van der Waals surface area contributed by atoms with Gasteiger partial charge < -0.3 is 0 Å². The van der Waals surface area contributed by atoms with Crippen LogP contribution in [0.2, 0.25) is 0 Å². The van der Waals surface area contributed by atoms with Gasteiger partial charge in [0.15, 0.2) is 0 Å². The van der Waals surface area contributed by atoms with Gasteiger partial charge in [0, 0.05) is 0 Å². The van der Waals surface area contributed by atoms with E-state index >= 15 is 0 Å². The quantitative estimate of drug-likeness (QED) is 0.646. The zero-order valence-corrected chi connectivity index (χ0v) is 12.6. The second kappa shape index (κ2) is 4.98. The van der Waals surface area contributed by atoms with Crippen LogP contribution in [0, 0.1) is 12.7 Å². The van der Waals surface area contributed by atoms with E-state index in [1.54, 1.807) is 19.1 Å². The summed E-state index contributed by atoms with van der Waals surface area (Å²) in [4.78, 5) is 23.0. The van der Waals surface area contributed by atoms with Crippen LogP contribution < -0.4 is 5.32 Å². The number of carboxylic acid groups (broad SMARTS) is 1. The molecule has 1 aromatic heterocycles. The number of carboxylic acids is 1. The number of hydrogen-bond acceptors (Lipinski definition) is 2. The maximum absolute atomic E-state index is 13.3. The third-order valence-corrected chi connectivity index (χ3v) is 5.31. The number of carbonyl (C=O) groups is 2. The Morgan fingerprint density at radius 3 is 2.81 bits per heavy atom. The molecular formula is C15H10FNO3Se. The van der Waals surface area contributed by atoms with Crippen molar-refractivity contribution in [3.63, 3.8) is 0 Å². The first-order valence-electron chi connectivity index (χ1n) is 6.12. The van der Waals surface area contributed by atoms with Crippen molar-refractivity contribution in [2.45, 2.75) is 6.92 Å². The second-order valence-corrected chi connectivity index (χ2v) is 7.33. The van der Waals surface area contributed by atoms with E-state index in [-0.39, 0.29) is 26.0 Å². The molecule has 0 bridgehead atoms. The molecule has 2 heterocycles. The van der Waals surface area contributed by atoms with Crippen molar-refractivity contribution in [1.29, 1.82) is 0 Å². The zero-order chi connectivity index (χ0) is 15.1. The Bertz CT molecular complexity index is 807. The number of fused-ring (bicyclic) bond motifs is 1. The first-order chi connectivity index (χ1) is 9.95. The van der Waals surface area contributed by atoms with Gasteiger partial charge in [-0.1, -0.05) is 0 Å². The predicted octanol–water partition coefficient (Wildman–Crippen LogP) is 2.38. The molecule has 0 unspecified atom stereocenters. The number of benzene rings is 1. The fourth-order valence-electron chi connectivity index (χ4n) is 2.23. The summed E-state index contributed by atoms with van der Waals surface area (Å²) in [6.45, 7) is 1.77. The molecule has 1 aliphatic rings. The Morgan fingerprint density at radius 1 is 1.38 bits per heavy atom. The molecule has 1 aromatic carbocycles. The number of halogens is 1. The number of amides is 1. The van der Waals surface area contributed by atoms with Crippen LogP contribution in [-0.2, 0) is 4.79 Å². The molecule has 0 fully saturated rings. The van der Waals surface area contributed by atoms with Crippen molar-refractivity contribution in [3.8, 4) is 0 Å². The van der Waals surface area contributed by atoms with Crippen molar-refractivity contribution < 1.29 is 19.1 Å². The Balaban J connectivity index is 2.08. The van der Waals surface area contributed by atoms with Crippen molar-refractivity contribution in [1.82, 2.24) is 0 Å². The normalized spacial score (nSPS) is 15.1. The molecule has 0 aliphatic carbocycles. The van der Waals surface area contributed by atoms with Crippen molar-refractivity contribution in [2.24, 2.45) is 0 Å². The first-order valence-corrected chi connectivity index (χ1v) is 7.83. The molecule has 0 saturated heterocycles. The minimum atomic E-state index is -0.968. The summed E-state index contributed by atoms with van der Waals surface area (Å²) < 4.78 is 14.9. The van der Waals surface area contributed by atoms with Crippen molar-refractivity contribution >= 4 is 43.7 Å². The fourth-order valence-corrected chi connectivity index (χ4v) is 4.26. The Hall–Kier alpha value is -2.17. The molecule has 0 spiro atoms. The average molecular weight is 350 g/mol. The van der Waals surface area contributed by atoms with Gasteiger partial charge in [-0.15, -0.1) is 0 Å². The van der Waals surface area contributed by atoms with Crippen LogP contribution in [0.4, 0.5) is 10.1 Å². The molecule has 0 atom stereocenters. The summed E-state index contributed by atoms with van der Waals surface area (Å²) >= 11 is -0.128. The summed E-state index contributed by atoms with van der Waals surface area (Å²) in [6.07, 6.45) is 1.65. The van der Waals surface area contributed by atoms with E-state index in [0.29, 0.717) is 16.8 Å². The van der Waals surface area contributed by atoms with Crippen LogP contribution in [0.3, 0.4) is 0 Å². The fraction of sp³-hybridized carbons (Fsp3) is 0.0667. The zero-order valence-electron chi connectivity index (χ0n) is 10.9. The first kappa shape index (κ1) is 13.8. The van der Waals surface area contributed by atoms with Gasteiger partial charge in [0.2, 0.25) is 0 Å². The number of hydrogen-bond donors (Lipinski definition) is 2. The van der Waals surface area contributed by atoms with Gasteiger partial charge in [0.1, 0.15) is 0 Å². The number of aryl methyl sites for hydroxylation is 1. The van der Waals surface area contributed by atoms with Gasteiger partial charge in [0.25, 0.3) is 0 Å². The van der Waals surface area contributed by atoms with Gasteiger partial charge in [-0.2, -0.15) is 0 Å². The van der Waals surface area contributed by atoms with Crippen LogP contribution in [-0.4, -0.2) is 31.5 Å². The van der Waals surface area contributed by atoms with Crippen LogP contribution in [0.25, 0.3) is 11.6 Å². The van der Waals surface area contributed by atoms with E-state index in [0.717, 1.165) is 8.87 Å². The molecule has 0 saturated carbocycles. The molecule has 0 radical (unpaired) electrons. The van der Waals surface area contributed by atoms with Crippen molar-refractivity contribution in [2.75, 3.05) is 5.32 Å². The standard InChI is InChI=1S/C15H10FNO3Se/c1-7-10(15(19)20)5-9(21-7)6-12-11-4-8(16)2-3-13(11)17-14(12)18/h2-6H,1H3,(H,17,18)(H,19,20). The predicted molar refractivity (Wildman–Crippen MR) is 78.0 cm³/mol. The van der Waals surface area contributed by atoms with Gasteiger partial charge in [0.05, 0.1) is 0 Å². The van der Waals surface area contributed by atoms with E-state index < -0.39 is 11.8 Å². The summed E-state index contributed by atoms with van der Waals surface area (Å²) in [5, 5.41) is 11.7. The SMILES string of the molecule is Cc1[se]c(C=C2C(=O)Nc3ccc(F)cc32)cc1C(=O)O. The van der Waals surface area contributed by atoms with E-state index in [2.05, 4.69) is 5.32 Å². The summed E-state index contributed by atoms with van der Waals surface area (Å²) in [5.74, 6) is -1.68. The number of rotatable bonds is 2. The Kier molecular flexibility index (Phi) is 3.27. The number of nitrogens with one attached hydrogen (secondary N) is 1. The minimum absolute atomic E-state index is 0.128. The molecule has 6 heteroatoms. The molecule has 2 aromatic rings. The van der Waals surface area contributed by atoms with Gasteiger partial charge >= 0.3 is 125 Å². The number of anilines is 1. The van der Waals surface area contributed by atoms with E-state index in [1.165, 1.54) is 18.2 Å². The van der Waals surface area contributed by atoms with Crippen LogP contribution in [0.1, 0.15) is 24.8 Å². The molecule has 2 N–H and O–H groups in total. The molecule has 21 heavy (non-hydrogen) atoms. The van der Waals surface area contributed by atoms with Gasteiger partial charge in [-0.3, -0.25) is 0 Å². The molecular weight excluding hydrogens is 340 g/mol. The monoisotopic (exact) mass is 351 g/mol. The van der Waals surface area contributed by atoms with E-state index in [4.69, 9.17) is 5.11 Å². The number of aromatic carboxylic acids is 1. The topological polar surface area (TPSA) is 66.4 Å². The van der Waals surface area contributed by atoms with Crippen LogP contribution in [0.15, 0.2) is 24.3 Å². The summed E-state index contributed by atoms with van der Waals surface area (Å²) in [5.41, 5.74) is 1.73. The molecule has 106 valence electrons. The van der Waals surface area contributed by atoms with E-state index in [1.807, 2.05) is 0 Å². The van der Waals surface area contributed by atoms with E-state index in [9.17, 15) is 14.0 Å².